The molecule has 5 nitrogen and oxygen atoms in total. The average molecular weight is 325 g/mol. The van der Waals surface area contributed by atoms with Crippen molar-refractivity contribution in [2.45, 2.75) is 6.42 Å². The van der Waals surface area contributed by atoms with Crippen LogP contribution in [0.5, 0.6) is 5.75 Å². The Kier molecular flexibility index (Phi) is 3.90. The summed E-state index contributed by atoms with van der Waals surface area (Å²) in [5, 5.41) is 13.1. The maximum atomic E-state index is 10.9. The number of hydrogen-bond donors (Lipinski definition) is 1. The number of aromatic nitrogens is 2. The molecule has 0 saturated heterocycles. The smallest absolute Gasteiger partial charge is 0.309 e. The van der Waals surface area contributed by atoms with E-state index in [1.54, 1.807) is 18.8 Å². The fourth-order valence-electron chi connectivity index (χ4n) is 1.88. The predicted molar refractivity (Wildman–Crippen MR) is 74.2 cm³/mol. The van der Waals surface area contributed by atoms with E-state index in [1.165, 1.54) is 0 Å². The van der Waals surface area contributed by atoms with Crippen molar-refractivity contribution in [2.75, 3.05) is 7.11 Å². The predicted octanol–water partition coefficient (Wildman–Crippen LogP) is 2.49. The monoisotopic (exact) mass is 324 g/mol. The summed E-state index contributed by atoms with van der Waals surface area (Å²) >= 11 is 3.42. The van der Waals surface area contributed by atoms with Gasteiger partial charge in [-0.2, -0.15) is 5.10 Å². The summed E-state index contributed by atoms with van der Waals surface area (Å²) in [6.45, 7) is 0. The third-order valence-corrected chi connectivity index (χ3v) is 3.31. The Morgan fingerprint density at radius 2 is 2.26 bits per heavy atom. The Bertz CT molecular complexity index is 622. The highest BCUT2D eigenvalue weighted by molar-refractivity contribution is 9.10. The molecule has 0 radical (unpaired) electrons. The van der Waals surface area contributed by atoms with E-state index in [1.807, 2.05) is 24.4 Å². The standard InChI is InChI=1S/C13H13BrN2O3/c1-16-7-9(11(15-16)6-13(17)18)8-3-4-12(19-2)10(14)5-8/h3-5,7H,6H2,1-2H3,(H,17,18). The summed E-state index contributed by atoms with van der Waals surface area (Å²) in [4.78, 5) is 10.9. The first-order valence-corrected chi connectivity index (χ1v) is 6.38. The molecule has 1 heterocycles. The molecule has 0 fully saturated rings. The maximum Gasteiger partial charge on any atom is 0.309 e. The second-order valence-electron chi connectivity index (χ2n) is 4.08. The van der Waals surface area contributed by atoms with Gasteiger partial charge in [0.2, 0.25) is 0 Å². The number of carbonyl (C=O) groups is 1. The van der Waals surface area contributed by atoms with Crippen LogP contribution in [-0.4, -0.2) is 28.0 Å². The molecule has 6 heteroatoms. The Balaban J connectivity index is 2.46. The van der Waals surface area contributed by atoms with Gasteiger partial charge in [0.1, 0.15) is 5.75 Å². The van der Waals surface area contributed by atoms with Gasteiger partial charge in [0, 0.05) is 18.8 Å². The number of carboxylic acid groups (broad SMARTS) is 1. The molecule has 2 rings (SSSR count). The van der Waals surface area contributed by atoms with Crippen molar-refractivity contribution in [3.63, 3.8) is 0 Å². The van der Waals surface area contributed by atoms with Crippen molar-refractivity contribution < 1.29 is 14.6 Å². The number of aryl methyl sites for hydroxylation is 1. The summed E-state index contributed by atoms with van der Waals surface area (Å²) in [6, 6.07) is 5.60. The minimum atomic E-state index is -0.896. The molecule has 0 bridgehead atoms. The quantitative estimate of drug-likeness (QED) is 0.938. The van der Waals surface area contributed by atoms with E-state index in [2.05, 4.69) is 21.0 Å². The molecule has 1 N–H and O–H groups in total. The molecule has 1 aromatic heterocycles. The largest absolute Gasteiger partial charge is 0.496 e. The van der Waals surface area contributed by atoms with Gasteiger partial charge < -0.3 is 9.84 Å². The first kappa shape index (κ1) is 13.6. The second kappa shape index (κ2) is 5.44. The number of aliphatic carboxylic acids is 1. The van der Waals surface area contributed by atoms with Crippen molar-refractivity contribution in [1.82, 2.24) is 9.78 Å². The van der Waals surface area contributed by atoms with Gasteiger partial charge in [-0.3, -0.25) is 9.48 Å². The lowest BCUT2D eigenvalue weighted by atomic mass is 10.0. The highest BCUT2D eigenvalue weighted by atomic mass is 79.9. The maximum absolute atomic E-state index is 10.9. The number of hydrogen-bond acceptors (Lipinski definition) is 3. The molecule has 2 aromatic rings. The van der Waals surface area contributed by atoms with Gasteiger partial charge >= 0.3 is 5.97 Å². The van der Waals surface area contributed by atoms with Crippen molar-refractivity contribution >= 4 is 21.9 Å². The Morgan fingerprint density at radius 1 is 1.53 bits per heavy atom. The fourth-order valence-corrected chi connectivity index (χ4v) is 2.42. The molecule has 0 spiro atoms. The van der Waals surface area contributed by atoms with E-state index in [4.69, 9.17) is 9.84 Å². The average Bonchev–Trinajstić information content (AvgIpc) is 2.69. The molecule has 0 aliphatic rings. The Labute approximate surface area is 118 Å². The summed E-state index contributed by atoms with van der Waals surface area (Å²) < 4.78 is 7.61. The first-order valence-electron chi connectivity index (χ1n) is 5.59. The van der Waals surface area contributed by atoms with Crippen LogP contribution in [0, 0.1) is 0 Å². The van der Waals surface area contributed by atoms with Gasteiger partial charge in [0.05, 0.1) is 23.7 Å². The Hall–Kier alpha value is -1.82. The van der Waals surface area contributed by atoms with Crippen LogP contribution in [0.15, 0.2) is 28.9 Å². The molecule has 1 aromatic carbocycles. The van der Waals surface area contributed by atoms with Crippen LogP contribution in [0.1, 0.15) is 5.69 Å². The van der Waals surface area contributed by atoms with E-state index < -0.39 is 5.97 Å². The number of benzene rings is 1. The number of halogens is 1. The molecule has 0 saturated carbocycles. The number of rotatable bonds is 4. The van der Waals surface area contributed by atoms with E-state index in [0.29, 0.717) is 5.69 Å². The molecule has 100 valence electrons. The van der Waals surface area contributed by atoms with E-state index >= 15 is 0 Å². The van der Waals surface area contributed by atoms with Crippen LogP contribution >= 0.6 is 15.9 Å². The van der Waals surface area contributed by atoms with E-state index in [0.717, 1.165) is 21.3 Å². The lowest BCUT2D eigenvalue weighted by molar-refractivity contribution is -0.136. The highest BCUT2D eigenvalue weighted by Gasteiger charge is 2.14. The van der Waals surface area contributed by atoms with Crippen molar-refractivity contribution in [2.24, 2.45) is 7.05 Å². The van der Waals surface area contributed by atoms with Gasteiger partial charge in [-0.05, 0) is 33.6 Å². The lowest BCUT2D eigenvalue weighted by Crippen LogP contribution is -2.02. The third kappa shape index (κ3) is 2.96. The number of methoxy groups -OCH3 is 1. The zero-order valence-electron chi connectivity index (χ0n) is 10.6. The Morgan fingerprint density at radius 3 is 2.84 bits per heavy atom. The zero-order valence-corrected chi connectivity index (χ0v) is 12.1. The van der Waals surface area contributed by atoms with E-state index in [9.17, 15) is 4.79 Å². The normalized spacial score (nSPS) is 10.5. The van der Waals surface area contributed by atoms with Gasteiger partial charge in [0.25, 0.3) is 0 Å². The number of nitrogens with zero attached hydrogens (tertiary/aromatic N) is 2. The number of carboxylic acids is 1. The van der Waals surface area contributed by atoms with Crippen LogP contribution in [0.2, 0.25) is 0 Å². The van der Waals surface area contributed by atoms with Crippen LogP contribution in [0.3, 0.4) is 0 Å². The van der Waals surface area contributed by atoms with Gasteiger partial charge in [-0.1, -0.05) is 6.07 Å². The van der Waals surface area contributed by atoms with Crippen molar-refractivity contribution in [3.05, 3.63) is 34.6 Å². The van der Waals surface area contributed by atoms with Gasteiger partial charge in [-0.25, -0.2) is 0 Å². The second-order valence-corrected chi connectivity index (χ2v) is 4.94. The molecule has 0 aliphatic carbocycles. The lowest BCUT2D eigenvalue weighted by Gasteiger charge is -2.06. The molecular weight excluding hydrogens is 312 g/mol. The summed E-state index contributed by atoms with van der Waals surface area (Å²) in [5.41, 5.74) is 2.26. The van der Waals surface area contributed by atoms with E-state index in [-0.39, 0.29) is 6.42 Å². The summed E-state index contributed by atoms with van der Waals surface area (Å²) in [6.07, 6.45) is 1.71. The fraction of sp³-hybridized carbons (Fsp3) is 0.231. The van der Waals surface area contributed by atoms with Gasteiger partial charge in [0.15, 0.2) is 0 Å². The molecule has 0 atom stereocenters. The highest BCUT2D eigenvalue weighted by Crippen LogP contribution is 2.31. The van der Waals surface area contributed by atoms with Crippen molar-refractivity contribution in [1.29, 1.82) is 0 Å². The molecule has 19 heavy (non-hydrogen) atoms. The zero-order chi connectivity index (χ0) is 14.0. The summed E-state index contributed by atoms with van der Waals surface area (Å²) in [5.74, 6) is -0.167. The summed E-state index contributed by atoms with van der Waals surface area (Å²) in [7, 11) is 3.37. The van der Waals surface area contributed by atoms with Crippen LogP contribution in [0.25, 0.3) is 11.1 Å². The number of ether oxygens (including phenoxy) is 1. The molecule has 0 unspecified atom stereocenters. The first-order chi connectivity index (χ1) is 9.01. The minimum absolute atomic E-state index is 0.0974. The third-order valence-electron chi connectivity index (χ3n) is 2.69. The molecule has 0 aliphatic heterocycles. The topological polar surface area (TPSA) is 64.4 Å². The van der Waals surface area contributed by atoms with Gasteiger partial charge in [-0.15, -0.1) is 0 Å². The van der Waals surface area contributed by atoms with Crippen LogP contribution in [-0.2, 0) is 18.3 Å². The molecule has 0 amide bonds. The minimum Gasteiger partial charge on any atom is -0.496 e. The van der Waals surface area contributed by atoms with Crippen LogP contribution in [0.4, 0.5) is 0 Å². The van der Waals surface area contributed by atoms with Crippen molar-refractivity contribution in [3.8, 4) is 16.9 Å². The SMILES string of the molecule is COc1ccc(-c2cn(C)nc2CC(=O)O)cc1Br. The van der Waals surface area contributed by atoms with Crippen LogP contribution < -0.4 is 4.74 Å². The molecular formula is C13H13BrN2O3.